The second-order valence-electron chi connectivity index (χ2n) is 4.11. The number of anilines is 1. The predicted molar refractivity (Wildman–Crippen MR) is 65.0 cm³/mol. The predicted octanol–water partition coefficient (Wildman–Crippen LogP) is 1.63. The molecule has 1 aromatic rings. The van der Waals surface area contributed by atoms with Crippen molar-refractivity contribution in [3.8, 4) is 0 Å². The molecule has 6 heteroatoms. The normalized spacial score (nSPS) is 16.4. The Morgan fingerprint density at radius 1 is 1.65 bits per heavy atom. The van der Waals surface area contributed by atoms with Gasteiger partial charge in [0, 0.05) is 18.4 Å². The van der Waals surface area contributed by atoms with Crippen LogP contribution in [0, 0.1) is 5.92 Å². The van der Waals surface area contributed by atoms with Crippen LogP contribution in [-0.2, 0) is 0 Å². The highest BCUT2D eigenvalue weighted by Gasteiger charge is 2.29. The number of hydrogen-bond acceptors (Lipinski definition) is 3. The fourth-order valence-corrected chi connectivity index (χ4v) is 1.67. The topological polar surface area (TPSA) is 74.2 Å². The van der Waals surface area contributed by atoms with Gasteiger partial charge >= 0.3 is 6.03 Å². The van der Waals surface area contributed by atoms with Crippen LogP contribution in [0.3, 0.4) is 0 Å². The van der Waals surface area contributed by atoms with Crippen molar-refractivity contribution in [3.05, 3.63) is 23.5 Å². The van der Waals surface area contributed by atoms with E-state index in [4.69, 9.17) is 11.6 Å². The molecule has 0 radical (unpaired) electrons. The number of carbonyl (C=O) groups excluding carboxylic acids is 1. The Hall–Kier alpha value is -1.33. The average molecular weight is 256 g/mol. The van der Waals surface area contributed by atoms with Gasteiger partial charge < -0.3 is 15.7 Å². The maximum atomic E-state index is 11.5. The summed E-state index contributed by atoms with van der Waals surface area (Å²) in [5.41, 5.74) is 0.573. The van der Waals surface area contributed by atoms with Crippen LogP contribution in [0.15, 0.2) is 18.3 Å². The van der Waals surface area contributed by atoms with Crippen LogP contribution in [-0.4, -0.2) is 28.8 Å². The molecular weight excluding hydrogens is 242 g/mol. The number of rotatable bonds is 4. The van der Waals surface area contributed by atoms with E-state index in [0.717, 1.165) is 12.8 Å². The number of aliphatic hydroxyl groups excluding tert-OH is 1. The fourth-order valence-electron chi connectivity index (χ4n) is 1.50. The lowest BCUT2D eigenvalue weighted by atomic mass is 10.2. The Morgan fingerprint density at radius 3 is 3.06 bits per heavy atom. The van der Waals surface area contributed by atoms with Crippen LogP contribution in [0.25, 0.3) is 0 Å². The zero-order valence-corrected chi connectivity index (χ0v) is 9.94. The summed E-state index contributed by atoms with van der Waals surface area (Å²) in [5, 5.41) is 15.1. The number of nitrogens with zero attached hydrogens (tertiary/aromatic N) is 1. The number of aliphatic hydroxyl groups is 1. The van der Waals surface area contributed by atoms with Crippen molar-refractivity contribution >= 4 is 23.3 Å². The van der Waals surface area contributed by atoms with Crippen molar-refractivity contribution in [2.24, 2.45) is 5.92 Å². The molecule has 2 rings (SSSR count). The van der Waals surface area contributed by atoms with Crippen LogP contribution >= 0.6 is 11.6 Å². The Morgan fingerprint density at radius 2 is 2.41 bits per heavy atom. The molecule has 0 saturated heterocycles. The lowest BCUT2D eigenvalue weighted by Crippen LogP contribution is -2.36. The quantitative estimate of drug-likeness (QED) is 0.716. The van der Waals surface area contributed by atoms with Gasteiger partial charge in [0.1, 0.15) is 5.15 Å². The molecular formula is C11H14ClN3O2. The Bertz CT molecular complexity index is 409. The molecule has 0 aliphatic heterocycles. The van der Waals surface area contributed by atoms with Gasteiger partial charge in [-0.1, -0.05) is 11.6 Å². The molecule has 1 heterocycles. The lowest BCUT2D eigenvalue weighted by Gasteiger charge is -2.11. The van der Waals surface area contributed by atoms with Crippen LogP contribution in [0.1, 0.15) is 12.8 Å². The summed E-state index contributed by atoms with van der Waals surface area (Å²) in [6, 6.07) is 2.84. The summed E-state index contributed by atoms with van der Waals surface area (Å²) < 4.78 is 0. The van der Waals surface area contributed by atoms with Gasteiger partial charge in [0.2, 0.25) is 0 Å². The Kier molecular flexibility index (Phi) is 3.81. The summed E-state index contributed by atoms with van der Waals surface area (Å²) >= 11 is 5.68. The highest BCUT2D eigenvalue weighted by Crippen LogP contribution is 2.32. The molecule has 5 nitrogen and oxygen atoms in total. The largest absolute Gasteiger partial charge is 0.391 e. The molecule has 0 bridgehead atoms. The van der Waals surface area contributed by atoms with E-state index in [1.807, 2.05) is 0 Å². The first kappa shape index (κ1) is 12.1. The molecule has 1 aliphatic rings. The van der Waals surface area contributed by atoms with Gasteiger partial charge in [-0.2, -0.15) is 0 Å². The number of aromatic nitrogens is 1. The third kappa shape index (κ3) is 3.87. The minimum Gasteiger partial charge on any atom is -0.391 e. The maximum absolute atomic E-state index is 11.5. The van der Waals surface area contributed by atoms with Gasteiger partial charge in [-0.15, -0.1) is 0 Å². The number of pyridine rings is 1. The van der Waals surface area contributed by atoms with E-state index < -0.39 is 6.10 Å². The third-order valence-corrected chi connectivity index (χ3v) is 2.83. The van der Waals surface area contributed by atoms with Gasteiger partial charge in [-0.3, -0.25) is 0 Å². The third-order valence-electron chi connectivity index (χ3n) is 2.62. The van der Waals surface area contributed by atoms with E-state index in [0.29, 0.717) is 16.8 Å². The number of hydrogen-bond donors (Lipinski definition) is 3. The van der Waals surface area contributed by atoms with E-state index in [-0.39, 0.29) is 12.6 Å². The number of urea groups is 1. The molecule has 1 saturated carbocycles. The van der Waals surface area contributed by atoms with E-state index >= 15 is 0 Å². The van der Waals surface area contributed by atoms with Gasteiger partial charge in [0.25, 0.3) is 0 Å². The molecule has 1 fully saturated rings. The highest BCUT2D eigenvalue weighted by atomic mass is 35.5. The molecule has 1 unspecified atom stereocenters. The second-order valence-corrected chi connectivity index (χ2v) is 4.49. The average Bonchev–Trinajstić information content (AvgIpc) is 3.09. The zero-order chi connectivity index (χ0) is 12.3. The first-order valence-electron chi connectivity index (χ1n) is 5.49. The Labute approximate surface area is 104 Å². The summed E-state index contributed by atoms with van der Waals surface area (Å²) in [7, 11) is 0. The van der Waals surface area contributed by atoms with E-state index in [1.165, 1.54) is 6.20 Å². The molecule has 17 heavy (non-hydrogen) atoms. The second kappa shape index (κ2) is 5.33. The van der Waals surface area contributed by atoms with Crippen LogP contribution in [0.2, 0.25) is 5.15 Å². The lowest BCUT2D eigenvalue weighted by molar-refractivity contribution is 0.150. The van der Waals surface area contributed by atoms with Gasteiger partial charge in [-0.05, 0) is 30.9 Å². The van der Waals surface area contributed by atoms with Crippen LogP contribution in [0.4, 0.5) is 10.5 Å². The van der Waals surface area contributed by atoms with Gasteiger partial charge in [-0.25, -0.2) is 9.78 Å². The molecule has 2 amide bonds. The minimum atomic E-state index is -0.443. The number of halogens is 1. The first-order chi connectivity index (χ1) is 8.15. The first-order valence-corrected chi connectivity index (χ1v) is 5.87. The van der Waals surface area contributed by atoms with Gasteiger partial charge in [0.05, 0.1) is 6.10 Å². The SMILES string of the molecule is O=C(NCC(O)C1CC1)Nc1ccnc(Cl)c1. The van der Waals surface area contributed by atoms with Crippen molar-refractivity contribution in [2.45, 2.75) is 18.9 Å². The standard InChI is InChI=1S/C11H14ClN3O2/c12-10-5-8(3-4-13-10)15-11(17)14-6-9(16)7-1-2-7/h3-5,7,9,16H,1-2,6H2,(H2,13,14,15,17). The van der Waals surface area contributed by atoms with Crippen molar-refractivity contribution in [3.63, 3.8) is 0 Å². The highest BCUT2D eigenvalue weighted by molar-refractivity contribution is 6.29. The molecule has 1 atom stereocenters. The smallest absolute Gasteiger partial charge is 0.319 e. The summed E-state index contributed by atoms with van der Waals surface area (Å²) in [5.74, 6) is 0.352. The van der Waals surface area contributed by atoms with Crippen molar-refractivity contribution < 1.29 is 9.90 Å². The zero-order valence-electron chi connectivity index (χ0n) is 9.19. The summed E-state index contributed by atoms with van der Waals surface area (Å²) in [6.07, 6.45) is 3.16. The van der Waals surface area contributed by atoms with E-state index in [2.05, 4.69) is 15.6 Å². The summed E-state index contributed by atoms with van der Waals surface area (Å²) in [6.45, 7) is 0.273. The Balaban J connectivity index is 1.76. The van der Waals surface area contributed by atoms with Crippen LogP contribution < -0.4 is 10.6 Å². The molecule has 92 valence electrons. The molecule has 1 aromatic heterocycles. The molecule has 0 spiro atoms. The number of carbonyl (C=O) groups is 1. The van der Waals surface area contributed by atoms with E-state index in [1.54, 1.807) is 12.1 Å². The van der Waals surface area contributed by atoms with Crippen LogP contribution in [0.5, 0.6) is 0 Å². The van der Waals surface area contributed by atoms with Gasteiger partial charge in [0.15, 0.2) is 0 Å². The van der Waals surface area contributed by atoms with Crippen molar-refractivity contribution in [1.82, 2.24) is 10.3 Å². The van der Waals surface area contributed by atoms with Crippen molar-refractivity contribution in [1.29, 1.82) is 0 Å². The monoisotopic (exact) mass is 255 g/mol. The maximum Gasteiger partial charge on any atom is 0.319 e. The fraction of sp³-hybridized carbons (Fsp3) is 0.455. The van der Waals surface area contributed by atoms with E-state index in [9.17, 15) is 9.90 Å². The number of amides is 2. The minimum absolute atomic E-state index is 0.273. The van der Waals surface area contributed by atoms with Crippen molar-refractivity contribution in [2.75, 3.05) is 11.9 Å². The summed E-state index contributed by atoms with van der Waals surface area (Å²) in [4.78, 5) is 15.3. The molecule has 1 aliphatic carbocycles. The number of nitrogens with one attached hydrogen (secondary N) is 2. The molecule has 3 N–H and O–H groups in total. The molecule has 0 aromatic carbocycles.